The number of esters is 3. The van der Waals surface area contributed by atoms with Gasteiger partial charge in [-0.05, 0) is 49.4 Å². The lowest BCUT2D eigenvalue weighted by Crippen LogP contribution is -2.78. The molecule has 5 atom stereocenters. The third-order valence-corrected chi connectivity index (χ3v) is 7.84. The fraction of sp³-hybridized carbons (Fsp3) is 0.600. The molecule has 9 nitrogen and oxygen atoms in total. The van der Waals surface area contributed by atoms with E-state index >= 15 is 0 Å². The van der Waals surface area contributed by atoms with Gasteiger partial charge in [0.1, 0.15) is 5.75 Å². The average Bonchev–Trinajstić information content (AvgIpc) is 2.70. The van der Waals surface area contributed by atoms with Gasteiger partial charge in [0, 0.05) is 26.2 Å². The molecule has 3 rings (SSSR count). The summed E-state index contributed by atoms with van der Waals surface area (Å²) in [7, 11) is 0. The zero-order valence-corrected chi connectivity index (χ0v) is 20.6. The Bertz CT molecular complexity index is 1060. The number of aromatic hydroxyl groups is 1. The summed E-state index contributed by atoms with van der Waals surface area (Å²) < 4.78 is 16.9. The lowest BCUT2D eigenvalue weighted by atomic mass is 9.44. The molecule has 0 bridgehead atoms. The number of rotatable bonds is 4. The molecule has 2 aliphatic carbocycles. The Kier molecular flexibility index (Phi) is 6.32. The molecule has 1 saturated carbocycles. The number of hydrogen-bond donors (Lipinski definition) is 2. The van der Waals surface area contributed by atoms with Gasteiger partial charge in [-0.15, -0.1) is 0 Å². The van der Waals surface area contributed by atoms with Crippen LogP contribution in [0.3, 0.4) is 0 Å². The van der Waals surface area contributed by atoms with E-state index in [9.17, 15) is 29.4 Å². The highest BCUT2D eigenvalue weighted by atomic mass is 16.6. The number of hydrogen-bond acceptors (Lipinski definition) is 9. The summed E-state index contributed by atoms with van der Waals surface area (Å²) in [5.74, 6) is -2.30. The Balaban J connectivity index is 2.41. The number of carbonyl (C=O) groups excluding carboxylic acids is 4. The van der Waals surface area contributed by atoms with Gasteiger partial charge in [0.05, 0.1) is 16.6 Å². The number of aldehydes is 1. The highest BCUT2D eigenvalue weighted by Crippen LogP contribution is 2.62. The maximum absolute atomic E-state index is 12.4. The first-order valence-electron chi connectivity index (χ1n) is 11.2. The molecule has 1 aromatic rings. The zero-order valence-electron chi connectivity index (χ0n) is 20.6. The molecule has 9 heteroatoms. The van der Waals surface area contributed by atoms with E-state index in [4.69, 9.17) is 14.2 Å². The molecule has 0 saturated heterocycles. The minimum absolute atomic E-state index is 0.140. The molecule has 0 radical (unpaired) electrons. The fourth-order valence-electron chi connectivity index (χ4n) is 6.17. The van der Waals surface area contributed by atoms with Crippen LogP contribution >= 0.6 is 0 Å². The molecule has 0 amide bonds. The number of fused-ring (bicyclic) bond motifs is 3. The molecule has 1 fully saturated rings. The van der Waals surface area contributed by atoms with Crippen LogP contribution in [-0.4, -0.2) is 58.3 Å². The summed E-state index contributed by atoms with van der Waals surface area (Å²) in [5, 5.41) is 23.0. The smallest absolute Gasteiger partial charge is 0.303 e. The van der Waals surface area contributed by atoms with Gasteiger partial charge in [-0.1, -0.05) is 13.8 Å². The van der Waals surface area contributed by atoms with Crippen molar-refractivity contribution in [2.75, 3.05) is 0 Å². The molecule has 0 aliphatic heterocycles. The van der Waals surface area contributed by atoms with Crippen LogP contribution in [0.15, 0.2) is 6.07 Å². The Morgan fingerprint density at radius 1 is 1.00 bits per heavy atom. The second-order valence-corrected chi connectivity index (χ2v) is 10.00. The van der Waals surface area contributed by atoms with Crippen LogP contribution in [0.1, 0.15) is 75.0 Å². The van der Waals surface area contributed by atoms with E-state index in [1.54, 1.807) is 27.7 Å². The first-order valence-corrected chi connectivity index (χ1v) is 11.2. The predicted molar refractivity (Wildman–Crippen MR) is 119 cm³/mol. The first-order chi connectivity index (χ1) is 15.6. The molecule has 2 aliphatic rings. The highest BCUT2D eigenvalue weighted by Gasteiger charge is 2.73. The maximum Gasteiger partial charge on any atom is 0.303 e. The standard InChI is InChI=1S/C25H32O9/c1-12-16-8-9-25(31)23(5,6)21(33-14(3)28)20(32-13(2)27)22(34-15(4)29)24(25,7)18(16)10-19(30)17(12)11-26/h10-11,20-22,30-31H,8-9H2,1-7H3/t20-,21+,22-,24-,25+/m0/s1. The quantitative estimate of drug-likeness (QED) is 0.381. The van der Waals surface area contributed by atoms with Crippen molar-refractivity contribution in [3.8, 4) is 5.75 Å². The van der Waals surface area contributed by atoms with Crippen LogP contribution in [0.2, 0.25) is 0 Å². The minimum Gasteiger partial charge on any atom is -0.507 e. The van der Waals surface area contributed by atoms with Crippen molar-refractivity contribution in [2.24, 2.45) is 5.41 Å². The monoisotopic (exact) mass is 476 g/mol. The van der Waals surface area contributed by atoms with Crippen molar-refractivity contribution < 1.29 is 43.6 Å². The lowest BCUT2D eigenvalue weighted by molar-refractivity contribution is -0.284. The van der Waals surface area contributed by atoms with Crippen LogP contribution in [0.4, 0.5) is 0 Å². The van der Waals surface area contributed by atoms with Crippen molar-refractivity contribution in [1.29, 1.82) is 0 Å². The Hall–Kier alpha value is -2.94. The van der Waals surface area contributed by atoms with Crippen LogP contribution in [0.25, 0.3) is 0 Å². The maximum atomic E-state index is 12.4. The molecule has 0 spiro atoms. The molecule has 0 unspecified atom stereocenters. The number of phenolic OH excluding ortho intramolecular Hbond substituents is 1. The van der Waals surface area contributed by atoms with Crippen LogP contribution < -0.4 is 0 Å². The summed E-state index contributed by atoms with van der Waals surface area (Å²) in [6.07, 6.45) is -2.55. The number of benzene rings is 1. The van der Waals surface area contributed by atoms with Crippen molar-refractivity contribution in [3.63, 3.8) is 0 Å². The third kappa shape index (κ3) is 3.48. The normalized spacial score (nSPS) is 31.5. The summed E-state index contributed by atoms with van der Waals surface area (Å²) in [6, 6.07) is 1.40. The topological polar surface area (TPSA) is 136 Å². The number of carbonyl (C=O) groups is 4. The molecule has 186 valence electrons. The van der Waals surface area contributed by atoms with E-state index in [1.165, 1.54) is 26.8 Å². The highest BCUT2D eigenvalue weighted by molar-refractivity contribution is 5.83. The van der Waals surface area contributed by atoms with Gasteiger partial charge in [0.15, 0.2) is 24.6 Å². The van der Waals surface area contributed by atoms with E-state index in [2.05, 4.69) is 0 Å². The molecule has 2 N–H and O–H groups in total. The van der Waals surface area contributed by atoms with Gasteiger partial charge in [-0.3, -0.25) is 19.2 Å². The Morgan fingerprint density at radius 3 is 2.03 bits per heavy atom. The zero-order chi connectivity index (χ0) is 25.8. The number of aliphatic hydroxyl groups is 1. The minimum atomic E-state index is -1.63. The van der Waals surface area contributed by atoms with E-state index in [0.717, 1.165) is 5.56 Å². The van der Waals surface area contributed by atoms with E-state index < -0.39 is 52.7 Å². The second kappa shape index (κ2) is 8.37. The van der Waals surface area contributed by atoms with E-state index in [0.29, 0.717) is 23.8 Å². The summed E-state index contributed by atoms with van der Waals surface area (Å²) >= 11 is 0. The van der Waals surface area contributed by atoms with Gasteiger partial charge in [0.25, 0.3) is 0 Å². The molecule has 34 heavy (non-hydrogen) atoms. The SMILES string of the molecule is CC(=O)O[C@H]1[C@@H](OC(C)=O)C(C)(C)[C@]2(O)CCc3c(cc(O)c(C=O)c3C)[C@@]2(C)[C@H]1OC(C)=O. The largest absolute Gasteiger partial charge is 0.507 e. The number of phenols is 1. The van der Waals surface area contributed by atoms with Crippen molar-refractivity contribution in [3.05, 3.63) is 28.3 Å². The summed E-state index contributed by atoms with van der Waals surface area (Å²) in [5.41, 5.74) is -2.33. The van der Waals surface area contributed by atoms with Crippen molar-refractivity contribution >= 4 is 24.2 Å². The van der Waals surface area contributed by atoms with Gasteiger partial charge in [-0.25, -0.2) is 0 Å². The molecule has 1 aromatic carbocycles. The molecular formula is C25H32O9. The number of ether oxygens (including phenoxy) is 3. The van der Waals surface area contributed by atoms with Crippen LogP contribution in [-0.2, 0) is 40.4 Å². The molecular weight excluding hydrogens is 444 g/mol. The second-order valence-electron chi connectivity index (χ2n) is 10.00. The van der Waals surface area contributed by atoms with Gasteiger partial charge >= 0.3 is 17.9 Å². The van der Waals surface area contributed by atoms with E-state index in [1.807, 2.05) is 0 Å². The Morgan fingerprint density at radius 2 is 1.53 bits per heavy atom. The third-order valence-electron chi connectivity index (χ3n) is 7.84. The fourth-order valence-corrected chi connectivity index (χ4v) is 6.17. The molecule has 0 aromatic heterocycles. The van der Waals surface area contributed by atoms with Crippen LogP contribution in [0.5, 0.6) is 5.75 Å². The van der Waals surface area contributed by atoms with Crippen LogP contribution in [0, 0.1) is 12.3 Å². The Labute approximate surface area is 198 Å². The summed E-state index contributed by atoms with van der Waals surface area (Å²) in [6.45, 7) is 10.4. The first kappa shape index (κ1) is 25.7. The lowest BCUT2D eigenvalue weighted by Gasteiger charge is -2.65. The van der Waals surface area contributed by atoms with E-state index in [-0.39, 0.29) is 17.7 Å². The van der Waals surface area contributed by atoms with Gasteiger partial charge in [0.2, 0.25) is 0 Å². The summed E-state index contributed by atoms with van der Waals surface area (Å²) in [4.78, 5) is 48.0. The molecule has 0 heterocycles. The van der Waals surface area contributed by atoms with Gasteiger partial charge in [-0.2, -0.15) is 0 Å². The predicted octanol–water partition coefficient (Wildman–Crippen LogP) is 2.28. The van der Waals surface area contributed by atoms with Gasteiger partial charge < -0.3 is 24.4 Å². The average molecular weight is 477 g/mol. The van der Waals surface area contributed by atoms with Crippen molar-refractivity contribution in [1.82, 2.24) is 0 Å². The van der Waals surface area contributed by atoms with Crippen molar-refractivity contribution in [2.45, 2.75) is 90.6 Å².